The Labute approximate surface area is 118 Å². The number of ether oxygens (including phenoxy) is 1. The number of sulfone groups is 1. The van der Waals surface area contributed by atoms with Crippen LogP contribution in [0.15, 0.2) is 4.52 Å². The molecule has 0 spiro atoms. The molecule has 0 bridgehead atoms. The van der Waals surface area contributed by atoms with Gasteiger partial charge in [0.25, 0.3) is 0 Å². The lowest BCUT2D eigenvalue weighted by molar-refractivity contribution is -0.177. The molecule has 0 radical (unpaired) electrons. The van der Waals surface area contributed by atoms with Crippen LogP contribution in [0.4, 0.5) is 13.2 Å². The summed E-state index contributed by atoms with van der Waals surface area (Å²) >= 11 is 0. The molecule has 0 aliphatic carbocycles. The average molecular weight is 329 g/mol. The van der Waals surface area contributed by atoms with Gasteiger partial charge in [0.05, 0.1) is 11.5 Å². The molecule has 1 N–H and O–H groups in total. The van der Waals surface area contributed by atoms with E-state index in [1.54, 1.807) is 0 Å². The third kappa shape index (κ3) is 5.59. The summed E-state index contributed by atoms with van der Waals surface area (Å²) in [5.74, 6) is 0.210. The van der Waals surface area contributed by atoms with Gasteiger partial charge in [-0.1, -0.05) is 5.16 Å². The Morgan fingerprint density at radius 2 is 2.19 bits per heavy atom. The van der Waals surface area contributed by atoms with Crippen molar-refractivity contribution in [3.8, 4) is 0 Å². The van der Waals surface area contributed by atoms with Gasteiger partial charge in [-0.3, -0.25) is 0 Å². The lowest BCUT2D eigenvalue weighted by atomic mass is 10.2. The van der Waals surface area contributed by atoms with Crippen LogP contribution in [-0.2, 0) is 27.6 Å². The van der Waals surface area contributed by atoms with Crippen LogP contribution in [0.1, 0.15) is 11.7 Å². The van der Waals surface area contributed by atoms with E-state index in [1.165, 1.54) is 0 Å². The highest BCUT2D eigenvalue weighted by Gasteiger charge is 2.28. The molecule has 0 amide bonds. The molecule has 1 atom stereocenters. The number of halogens is 3. The van der Waals surface area contributed by atoms with Crippen LogP contribution in [0.25, 0.3) is 0 Å². The second-order valence-electron chi connectivity index (χ2n) is 4.68. The topological polar surface area (TPSA) is 94.3 Å². The van der Waals surface area contributed by atoms with E-state index in [4.69, 9.17) is 4.52 Å². The van der Waals surface area contributed by atoms with Gasteiger partial charge in [0.15, 0.2) is 15.7 Å². The minimum atomic E-state index is -4.41. The molecule has 1 aromatic heterocycles. The van der Waals surface area contributed by atoms with Gasteiger partial charge in [0, 0.05) is 19.0 Å². The Bertz CT molecular complexity index is 572. The molecule has 0 aromatic carbocycles. The van der Waals surface area contributed by atoms with Crippen LogP contribution in [0.5, 0.6) is 0 Å². The predicted octanol–water partition coefficient (Wildman–Crippen LogP) is 0.0776. The van der Waals surface area contributed by atoms with Crippen LogP contribution < -0.4 is 5.32 Å². The molecule has 1 fully saturated rings. The molecule has 0 saturated carbocycles. The summed E-state index contributed by atoms with van der Waals surface area (Å²) in [5, 5.41) is 6.49. The van der Waals surface area contributed by atoms with Crippen molar-refractivity contribution in [1.82, 2.24) is 15.5 Å². The van der Waals surface area contributed by atoms with Gasteiger partial charge in [0.2, 0.25) is 5.89 Å². The molecule has 1 aliphatic rings. The van der Waals surface area contributed by atoms with Crippen molar-refractivity contribution in [3.05, 3.63) is 11.7 Å². The highest BCUT2D eigenvalue weighted by molar-refractivity contribution is 7.91. The third-order valence-corrected chi connectivity index (χ3v) is 4.47. The number of hydrogen-bond acceptors (Lipinski definition) is 7. The molecule has 11 heteroatoms. The van der Waals surface area contributed by atoms with E-state index < -0.39 is 29.2 Å². The number of rotatable bonds is 5. The van der Waals surface area contributed by atoms with Crippen LogP contribution in [0.2, 0.25) is 0 Å². The number of nitrogens with one attached hydrogen (secondary N) is 1. The highest BCUT2D eigenvalue weighted by atomic mass is 32.2. The van der Waals surface area contributed by atoms with Crippen molar-refractivity contribution in [2.75, 3.05) is 24.7 Å². The minimum Gasteiger partial charge on any atom is -0.364 e. The molecular weight excluding hydrogens is 315 g/mol. The zero-order valence-corrected chi connectivity index (χ0v) is 11.7. The minimum absolute atomic E-state index is 0.00656. The Hall–Kier alpha value is -1.20. The number of hydrogen-bond donors (Lipinski definition) is 1. The second kappa shape index (κ2) is 6.28. The van der Waals surface area contributed by atoms with Gasteiger partial charge in [-0.05, 0) is 0 Å². The van der Waals surface area contributed by atoms with E-state index in [0.29, 0.717) is 6.54 Å². The van der Waals surface area contributed by atoms with Crippen LogP contribution >= 0.6 is 0 Å². The first-order valence-electron chi connectivity index (χ1n) is 6.13. The summed E-state index contributed by atoms with van der Waals surface area (Å²) in [5.41, 5.74) is 0. The van der Waals surface area contributed by atoms with Gasteiger partial charge >= 0.3 is 6.18 Å². The summed E-state index contributed by atoms with van der Waals surface area (Å²) in [7, 11) is -3.08. The van der Waals surface area contributed by atoms with Crippen molar-refractivity contribution < 1.29 is 30.8 Å². The zero-order valence-electron chi connectivity index (χ0n) is 10.9. The molecule has 1 unspecified atom stereocenters. The maximum Gasteiger partial charge on any atom is 0.411 e. The molecular formula is C10H14F3N3O4S. The predicted molar refractivity (Wildman–Crippen MR) is 64.2 cm³/mol. The smallest absolute Gasteiger partial charge is 0.364 e. The number of aromatic nitrogens is 2. The largest absolute Gasteiger partial charge is 0.411 e. The first-order chi connectivity index (χ1) is 9.73. The van der Waals surface area contributed by atoms with E-state index in [-0.39, 0.29) is 35.7 Å². The lowest BCUT2D eigenvalue weighted by Crippen LogP contribution is -2.46. The van der Waals surface area contributed by atoms with E-state index in [1.807, 2.05) is 0 Å². The lowest BCUT2D eigenvalue weighted by Gasteiger charge is -2.21. The van der Waals surface area contributed by atoms with E-state index in [2.05, 4.69) is 20.2 Å². The second-order valence-corrected chi connectivity index (χ2v) is 6.91. The van der Waals surface area contributed by atoms with Gasteiger partial charge < -0.3 is 14.6 Å². The summed E-state index contributed by atoms with van der Waals surface area (Å²) in [4.78, 5) is 3.87. The van der Waals surface area contributed by atoms with Crippen molar-refractivity contribution in [3.63, 3.8) is 0 Å². The van der Waals surface area contributed by atoms with E-state index in [9.17, 15) is 21.6 Å². The molecule has 2 heterocycles. The molecule has 1 aromatic rings. The highest BCUT2D eigenvalue weighted by Crippen LogP contribution is 2.15. The SMILES string of the molecule is O=S1(=O)CCNC(Cc2nc(COCC(F)(F)F)no2)C1. The monoisotopic (exact) mass is 329 g/mol. The summed E-state index contributed by atoms with van der Waals surface area (Å²) in [6, 6.07) is -0.340. The van der Waals surface area contributed by atoms with Gasteiger partial charge in [-0.15, -0.1) is 0 Å². The van der Waals surface area contributed by atoms with Crippen LogP contribution in [0.3, 0.4) is 0 Å². The maximum atomic E-state index is 11.9. The van der Waals surface area contributed by atoms with Gasteiger partial charge in [-0.25, -0.2) is 8.42 Å². The van der Waals surface area contributed by atoms with Crippen molar-refractivity contribution in [2.24, 2.45) is 0 Å². The Kier molecular flexibility index (Phi) is 4.84. The fourth-order valence-electron chi connectivity index (χ4n) is 1.90. The standard InChI is InChI=1S/C10H14F3N3O4S/c11-10(12,13)6-19-4-8-15-9(20-16-8)3-7-5-21(17,18)2-1-14-7/h7,14H,1-6H2. The quantitative estimate of drug-likeness (QED) is 0.817. The molecule has 1 saturated heterocycles. The summed E-state index contributed by atoms with van der Waals surface area (Å²) in [6.45, 7) is -1.46. The van der Waals surface area contributed by atoms with E-state index in [0.717, 1.165) is 0 Å². The van der Waals surface area contributed by atoms with Crippen molar-refractivity contribution in [2.45, 2.75) is 25.2 Å². The summed E-state index contributed by atoms with van der Waals surface area (Å²) in [6.07, 6.45) is -4.21. The molecule has 7 nitrogen and oxygen atoms in total. The van der Waals surface area contributed by atoms with Crippen LogP contribution in [0, 0.1) is 0 Å². The Balaban J connectivity index is 1.83. The maximum absolute atomic E-state index is 11.9. The fourth-order valence-corrected chi connectivity index (χ4v) is 3.34. The van der Waals surface area contributed by atoms with Gasteiger partial charge in [0.1, 0.15) is 13.2 Å². The fraction of sp³-hybridized carbons (Fsp3) is 0.800. The average Bonchev–Trinajstić information content (AvgIpc) is 2.73. The van der Waals surface area contributed by atoms with Crippen LogP contribution in [-0.4, -0.2) is 55.4 Å². The summed E-state index contributed by atoms with van der Waals surface area (Å²) < 4.78 is 67.9. The Morgan fingerprint density at radius 1 is 1.43 bits per heavy atom. The first kappa shape index (κ1) is 16.2. The number of nitrogens with zero attached hydrogens (tertiary/aromatic N) is 2. The van der Waals surface area contributed by atoms with Crippen molar-refractivity contribution in [1.29, 1.82) is 0 Å². The van der Waals surface area contributed by atoms with E-state index >= 15 is 0 Å². The zero-order chi connectivity index (χ0) is 15.5. The molecule has 120 valence electrons. The van der Waals surface area contributed by atoms with Gasteiger partial charge in [-0.2, -0.15) is 18.2 Å². The Morgan fingerprint density at radius 3 is 2.86 bits per heavy atom. The van der Waals surface area contributed by atoms with Crippen molar-refractivity contribution >= 4 is 9.84 Å². The molecule has 21 heavy (non-hydrogen) atoms. The normalized spacial score (nSPS) is 22.3. The first-order valence-corrected chi connectivity index (χ1v) is 7.95. The molecule has 1 aliphatic heterocycles. The molecule has 2 rings (SSSR count). The third-order valence-electron chi connectivity index (χ3n) is 2.73. The number of alkyl halides is 3.